The SMILES string of the molecule is C=CCSC/C=N/O. The monoisotopic (exact) mass is 131 g/mol. The van der Waals surface area contributed by atoms with Gasteiger partial charge in [0.25, 0.3) is 0 Å². The van der Waals surface area contributed by atoms with E-state index >= 15 is 0 Å². The van der Waals surface area contributed by atoms with E-state index in [0.717, 1.165) is 11.5 Å². The van der Waals surface area contributed by atoms with E-state index in [1.54, 1.807) is 11.8 Å². The minimum atomic E-state index is 0.753. The molecule has 0 spiro atoms. The first kappa shape index (κ1) is 7.56. The summed E-state index contributed by atoms with van der Waals surface area (Å²) in [5.41, 5.74) is 0. The molecular weight excluding hydrogens is 122 g/mol. The average Bonchev–Trinajstić information content (AvgIpc) is 1.81. The summed E-state index contributed by atoms with van der Waals surface area (Å²) in [6, 6.07) is 0. The third-order valence-electron chi connectivity index (χ3n) is 0.510. The fraction of sp³-hybridized carbons (Fsp3) is 0.400. The van der Waals surface area contributed by atoms with E-state index in [4.69, 9.17) is 5.21 Å². The van der Waals surface area contributed by atoms with Crippen LogP contribution in [0.4, 0.5) is 0 Å². The Balaban J connectivity index is 2.82. The third kappa shape index (κ3) is 5.56. The highest BCUT2D eigenvalue weighted by atomic mass is 32.2. The highest BCUT2D eigenvalue weighted by Gasteiger charge is 1.76. The normalized spacial score (nSPS) is 10.0. The van der Waals surface area contributed by atoms with Gasteiger partial charge in [0.15, 0.2) is 0 Å². The molecule has 0 aromatic carbocycles. The van der Waals surface area contributed by atoms with Gasteiger partial charge in [-0.3, -0.25) is 0 Å². The van der Waals surface area contributed by atoms with Crippen molar-refractivity contribution in [3.8, 4) is 0 Å². The van der Waals surface area contributed by atoms with Crippen molar-refractivity contribution in [3.05, 3.63) is 12.7 Å². The molecule has 0 bridgehead atoms. The van der Waals surface area contributed by atoms with Crippen molar-refractivity contribution in [2.45, 2.75) is 0 Å². The first-order chi connectivity index (χ1) is 3.91. The number of thioether (sulfide) groups is 1. The van der Waals surface area contributed by atoms with Crippen LogP contribution < -0.4 is 0 Å². The van der Waals surface area contributed by atoms with Crippen molar-refractivity contribution in [3.63, 3.8) is 0 Å². The molecule has 0 aliphatic carbocycles. The molecule has 0 aliphatic heterocycles. The highest BCUT2D eigenvalue weighted by Crippen LogP contribution is 1.95. The minimum Gasteiger partial charge on any atom is -0.411 e. The van der Waals surface area contributed by atoms with E-state index in [-0.39, 0.29) is 0 Å². The van der Waals surface area contributed by atoms with E-state index in [1.165, 1.54) is 6.21 Å². The zero-order valence-corrected chi connectivity index (χ0v) is 5.40. The number of nitrogens with zero attached hydrogens (tertiary/aromatic N) is 1. The maximum absolute atomic E-state index is 7.90. The van der Waals surface area contributed by atoms with E-state index < -0.39 is 0 Å². The van der Waals surface area contributed by atoms with E-state index in [2.05, 4.69) is 11.7 Å². The van der Waals surface area contributed by atoms with Gasteiger partial charge in [0.05, 0.1) is 6.21 Å². The molecule has 0 saturated heterocycles. The first-order valence-electron chi connectivity index (χ1n) is 2.26. The average molecular weight is 131 g/mol. The molecule has 0 aliphatic rings. The Morgan fingerprint density at radius 1 is 1.62 bits per heavy atom. The van der Waals surface area contributed by atoms with Crippen LogP contribution in [0.3, 0.4) is 0 Å². The van der Waals surface area contributed by atoms with Gasteiger partial charge < -0.3 is 5.21 Å². The Morgan fingerprint density at radius 3 is 2.88 bits per heavy atom. The van der Waals surface area contributed by atoms with Gasteiger partial charge in [-0.25, -0.2) is 0 Å². The molecule has 1 N–H and O–H groups in total. The molecule has 0 fully saturated rings. The van der Waals surface area contributed by atoms with Crippen molar-refractivity contribution in [2.24, 2.45) is 5.16 Å². The summed E-state index contributed by atoms with van der Waals surface area (Å²) < 4.78 is 0. The van der Waals surface area contributed by atoms with E-state index in [1.807, 2.05) is 6.08 Å². The molecule has 0 heterocycles. The van der Waals surface area contributed by atoms with Gasteiger partial charge in [-0.15, -0.1) is 11.7 Å². The van der Waals surface area contributed by atoms with Crippen LogP contribution in [0.2, 0.25) is 0 Å². The van der Waals surface area contributed by atoms with Crippen molar-refractivity contribution in [2.75, 3.05) is 11.5 Å². The van der Waals surface area contributed by atoms with Crippen molar-refractivity contribution in [1.82, 2.24) is 0 Å². The topological polar surface area (TPSA) is 32.6 Å². The van der Waals surface area contributed by atoms with E-state index in [9.17, 15) is 0 Å². The maximum Gasteiger partial charge on any atom is 0.0535 e. The van der Waals surface area contributed by atoms with Crippen LogP contribution in [-0.2, 0) is 0 Å². The molecule has 0 amide bonds. The number of hydrogen-bond acceptors (Lipinski definition) is 3. The number of oxime groups is 1. The molecule has 2 nitrogen and oxygen atoms in total. The number of rotatable bonds is 4. The lowest BCUT2D eigenvalue weighted by Gasteiger charge is -1.85. The lowest BCUT2D eigenvalue weighted by atomic mass is 10.8. The summed E-state index contributed by atoms with van der Waals surface area (Å²) in [5.74, 6) is 1.66. The molecule has 0 aromatic heterocycles. The largest absolute Gasteiger partial charge is 0.411 e. The fourth-order valence-electron chi connectivity index (χ4n) is 0.237. The Hall–Kier alpha value is -0.440. The van der Waals surface area contributed by atoms with Gasteiger partial charge in [0.1, 0.15) is 0 Å². The summed E-state index contributed by atoms with van der Waals surface area (Å²) in [5, 5.41) is 10.7. The van der Waals surface area contributed by atoms with Gasteiger partial charge >= 0.3 is 0 Å². The molecule has 0 aromatic rings. The summed E-state index contributed by atoms with van der Waals surface area (Å²) in [7, 11) is 0. The van der Waals surface area contributed by atoms with Gasteiger partial charge in [-0.05, 0) is 0 Å². The van der Waals surface area contributed by atoms with Crippen molar-refractivity contribution < 1.29 is 5.21 Å². The quantitative estimate of drug-likeness (QED) is 0.205. The lowest BCUT2D eigenvalue weighted by Crippen LogP contribution is -1.79. The van der Waals surface area contributed by atoms with Crippen LogP contribution in [0.25, 0.3) is 0 Å². The smallest absolute Gasteiger partial charge is 0.0535 e. The Morgan fingerprint density at radius 2 is 2.38 bits per heavy atom. The summed E-state index contributed by atoms with van der Waals surface area (Å²) >= 11 is 1.65. The van der Waals surface area contributed by atoms with Crippen molar-refractivity contribution >= 4 is 18.0 Å². The summed E-state index contributed by atoms with van der Waals surface area (Å²) in [6.45, 7) is 3.53. The van der Waals surface area contributed by atoms with Crippen LogP contribution in [0, 0.1) is 0 Å². The van der Waals surface area contributed by atoms with Crippen LogP contribution in [-0.4, -0.2) is 22.9 Å². The minimum absolute atomic E-state index is 0.753. The van der Waals surface area contributed by atoms with Crippen molar-refractivity contribution in [1.29, 1.82) is 0 Å². The molecular formula is C5H9NOS. The zero-order chi connectivity index (χ0) is 6.24. The van der Waals surface area contributed by atoms with Gasteiger partial charge in [-0.1, -0.05) is 6.08 Å². The van der Waals surface area contributed by atoms with Gasteiger partial charge in [0, 0.05) is 11.5 Å². The Labute approximate surface area is 53.3 Å². The predicted octanol–water partition coefficient (Wildman–Crippen LogP) is 1.37. The zero-order valence-electron chi connectivity index (χ0n) is 4.58. The molecule has 0 unspecified atom stereocenters. The van der Waals surface area contributed by atoms with E-state index in [0.29, 0.717) is 0 Å². The molecule has 8 heavy (non-hydrogen) atoms. The molecule has 0 rings (SSSR count). The lowest BCUT2D eigenvalue weighted by molar-refractivity contribution is 0.321. The maximum atomic E-state index is 7.90. The molecule has 3 heteroatoms. The summed E-state index contributed by atoms with van der Waals surface area (Å²) in [4.78, 5) is 0. The van der Waals surface area contributed by atoms with Crippen LogP contribution >= 0.6 is 11.8 Å². The molecule has 0 radical (unpaired) electrons. The second-order valence-electron chi connectivity index (χ2n) is 1.12. The molecule has 46 valence electrons. The first-order valence-corrected chi connectivity index (χ1v) is 3.41. The molecule has 0 saturated carbocycles. The second-order valence-corrected chi connectivity index (χ2v) is 2.20. The summed E-state index contributed by atoms with van der Waals surface area (Å²) in [6.07, 6.45) is 3.27. The van der Waals surface area contributed by atoms with Gasteiger partial charge in [0.2, 0.25) is 0 Å². The standard InChI is InChI=1S/C5H9NOS/c1-2-4-8-5-3-6-7/h2-3,7H,1,4-5H2/b6-3+. The Kier molecular flexibility index (Phi) is 6.20. The second kappa shape index (κ2) is 6.56. The van der Waals surface area contributed by atoms with Crippen LogP contribution in [0.15, 0.2) is 17.8 Å². The van der Waals surface area contributed by atoms with Crippen LogP contribution in [0.5, 0.6) is 0 Å². The van der Waals surface area contributed by atoms with Crippen LogP contribution in [0.1, 0.15) is 0 Å². The third-order valence-corrected chi connectivity index (χ3v) is 1.37. The highest BCUT2D eigenvalue weighted by molar-refractivity contribution is 8.00. The fourth-order valence-corrected chi connectivity index (χ4v) is 0.712. The number of hydrogen-bond donors (Lipinski definition) is 1. The predicted molar refractivity (Wildman–Crippen MR) is 37.8 cm³/mol. The molecule has 0 atom stereocenters. The Bertz CT molecular complexity index is 82.5. The van der Waals surface area contributed by atoms with Gasteiger partial charge in [-0.2, -0.15) is 11.8 Å².